The quantitative estimate of drug-likeness (QED) is 0.228. The summed E-state index contributed by atoms with van der Waals surface area (Å²) in [4.78, 5) is 1.35. The summed E-state index contributed by atoms with van der Waals surface area (Å²) in [6, 6.07) is 0. The Bertz CT molecular complexity index is 292. The summed E-state index contributed by atoms with van der Waals surface area (Å²) in [5.41, 5.74) is 0. The Morgan fingerprint density at radius 3 is 1.96 bits per heavy atom. The van der Waals surface area contributed by atoms with Crippen LogP contribution in [0.3, 0.4) is 0 Å². The van der Waals surface area contributed by atoms with Gasteiger partial charge in [-0.05, 0) is 0 Å². The summed E-state index contributed by atoms with van der Waals surface area (Å²) in [5, 5.41) is 0. The van der Waals surface area contributed by atoms with E-state index in [9.17, 15) is 0 Å². The number of methoxy groups -OCH3 is 2. The zero-order valence-corrected chi connectivity index (χ0v) is 16.2. The van der Waals surface area contributed by atoms with Gasteiger partial charge in [-0.3, -0.25) is 0 Å². The second-order valence-electron chi connectivity index (χ2n) is 5.76. The topological polar surface area (TPSA) is 78.3 Å². The van der Waals surface area contributed by atoms with Gasteiger partial charge in [0.05, 0.1) is 72.7 Å². The zero-order valence-electron chi connectivity index (χ0n) is 16.2. The predicted molar refractivity (Wildman–Crippen MR) is 93.4 cm³/mol. The summed E-state index contributed by atoms with van der Waals surface area (Å²) in [6.45, 7) is 8.59. The molecule has 1 saturated heterocycles. The summed E-state index contributed by atoms with van der Waals surface area (Å²) in [6.07, 6.45) is -0.421. The third-order valence-electron chi connectivity index (χ3n) is 3.69. The van der Waals surface area contributed by atoms with Crippen molar-refractivity contribution >= 4 is 0 Å². The number of hydrogen-bond donors (Lipinski definition) is 1. The molecule has 1 N–H and O–H groups in total. The Morgan fingerprint density at radius 2 is 1.31 bits per heavy atom. The van der Waals surface area contributed by atoms with Crippen LogP contribution in [-0.4, -0.2) is 113 Å². The van der Waals surface area contributed by atoms with Gasteiger partial charge in [0.1, 0.15) is 13.1 Å². The third kappa shape index (κ3) is 13.8. The highest BCUT2D eigenvalue weighted by Gasteiger charge is 2.17. The van der Waals surface area contributed by atoms with E-state index in [-0.39, 0.29) is 0 Å². The second-order valence-corrected chi connectivity index (χ2v) is 5.76. The van der Waals surface area contributed by atoms with Crippen LogP contribution in [0.2, 0.25) is 0 Å². The molecular weight excluding hydrogens is 346 g/mol. The first-order valence-electron chi connectivity index (χ1n) is 9.22. The Balaban J connectivity index is 2.14. The molecule has 0 amide bonds. The van der Waals surface area contributed by atoms with Crippen LogP contribution in [0.4, 0.5) is 0 Å². The van der Waals surface area contributed by atoms with E-state index in [0.717, 1.165) is 26.3 Å². The van der Waals surface area contributed by atoms with Crippen molar-refractivity contribution in [3.63, 3.8) is 0 Å². The van der Waals surface area contributed by atoms with E-state index >= 15 is 0 Å². The predicted octanol–water partition coefficient (Wildman–Crippen LogP) is -1.44. The van der Waals surface area contributed by atoms with E-state index < -0.39 is 6.29 Å². The van der Waals surface area contributed by atoms with Gasteiger partial charge in [0, 0.05) is 14.2 Å². The number of ether oxygens (including phenoxy) is 8. The highest BCUT2D eigenvalue weighted by molar-refractivity contribution is 4.44. The molecule has 0 spiro atoms. The van der Waals surface area contributed by atoms with Gasteiger partial charge in [-0.2, -0.15) is 0 Å². The molecule has 9 nitrogen and oxygen atoms in total. The van der Waals surface area contributed by atoms with Gasteiger partial charge in [0.2, 0.25) is 0 Å². The lowest BCUT2D eigenvalue weighted by atomic mass is 10.5. The average molecular weight is 382 g/mol. The molecule has 9 heteroatoms. The Morgan fingerprint density at radius 1 is 0.731 bits per heavy atom. The third-order valence-corrected chi connectivity index (χ3v) is 3.69. The van der Waals surface area contributed by atoms with Crippen LogP contribution in [0.1, 0.15) is 0 Å². The fraction of sp³-hybridized carbons (Fsp3) is 1.00. The van der Waals surface area contributed by atoms with E-state index in [2.05, 4.69) is 0 Å². The molecule has 0 aromatic rings. The van der Waals surface area contributed by atoms with E-state index in [1.165, 1.54) is 4.90 Å². The molecule has 1 atom stereocenters. The Labute approximate surface area is 156 Å². The molecule has 0 radical (unpaired) electrons. The van der Waals surface area contributed by atoms with Gasteiger partial charge in [-0.1, -0.05) is 0 Å². The van der Waals surface area contributed by atoms with E-state index in [1.54, 1.807) is 14.2 Å². The van der Waals surface area contributed by atoms with Crippen molar-refractivity contribution in [3.8, 4) is 0 Å². The van der Waals surface area contributed by atoms with Gasteiger partial charge in [-0.25, -0.2) is 0 Å². The smallest absolute Gasteiger partial charge is 0.186 e. The van der Waals surface area contributed by atoms with Crippen LogP contribution in [-0.2, 0) is 37.9 Å². The monoisotopic (exact) mass is 382 g/mol. The standard InChI is InChI=1S/C17H35NO8/c1-19-7-9-22-11-12-24-15-17(25-14-13-23-10-8-20-2)26-16-18-3-5-21-6-4-18/h17H,3-16H2,1-2H3/p+1. The van der Waals surface area contributed by atoms with E-state index in [1.807, 2.05) is 0 Å². The Hall–Kier alpha value is -0.360. The molecule has 1 aliphatic rings. The fourth-order valence-electron chi connectivity index (χ4n) is 2.18. The lowest BCUT2D eigenvalue weighted by molar-refractivity contribution is -0.928. The molecule has 0 bridgehead atoms. The maximum absolute atomic E-state index is 5.87. The minimum atomic E-state index is -0.421. The van der Waals surface area contributed by atoms with Crippen LogP contribution in [0.25, 0.3) is 0 Å². The highest BCUT2D eigenvalue weighted by atomic mass is 16.7. The summed E-state index contributed by atoms with van der Waals surface area (Å²) < 4.78 is 43.2. The summed E-state index contributed by atoms with van der Waals surface area (Å²) in [5.74, 6) is 0. The molecule has 1 heterocycles. The minimum absolute atomic E-state index is 0.357. The molecule has 1 aliphatic heterocycles. The molecule has 156 valence electrons. The first-order valence-corrected chi connectivity index (χ1v) is 9.22. The van der Waals surface area contributed by atoms with Gasteiger partial charge in [-0.15, -0.1) is 0 Å². The fourth-order valence-corrected chi connectivity index (χ4v) is 2.18. The molecule has 1 unspecified atom stereocenters. The van der Waals surface area contributed by atoms with E-state index in [4.69, 9.17) is 37.9 Å². The molecule has 0 aromatic heterocycles. The normalized spacial score (nSPS) is 16.8. The van der Waals surface area contributed by atoms with Crippen LogP contribution in [0.5, 0.6) is 0 Å². The number of quaternary nitrogens is 1. The highest BCUT2D eigenvalue weighted by Crippen LogP contribution is 1.96. The maximum Gasteiger partial charge on any atom is 0.186 e. The molecule has 0 aliphatic carbocycles. The first-order chi connectivity index (χ1) is 12.9. The SMILES string of the molecule is COCCOCCOCC(OCCOCCOC)OC[NH+]1CCOCC1. The van der Waals surface area contributed by atoms with Crippen molar-refractivity contribution < 1.29 is 42.8 Å². The lowest BCUT2D eigenvalue weighted by Crippen LogP contribution is -3.14. The van der Waals surface area contributed by atoms with Crippen molar-refractivity contribution in [2.24, 2.45) is 0 Å². The Kier molecular flexibility index (Phi) is 16.4. The van der Waals surface area contributed by atoms with Crippen LogP contribution in [0, 0.1) is 0 Å². The number of morpholine rings is 1. The minimum Gasteiger partial charge on any atom is -0.382 e. The van der Waals surface area contributed by atoms with Crippen molar-refractivity contribution in [3.05, 3.63) is 0 Å². The molecule has 1 fully saturated rings. The maximum atomic E-state index is 5.87. The summed E-state index contributed by atoms with van der Waals surface area (Å²) in [7, 11) is 3.29. The average Bonchev–Trinajstić information content (AvgIpc) is 2.68. The molecular formula is C17H36NO8+. The van der Waals surface area contributed by atoms with Crippen molar-refractivity contribution in [1.29, 1.82) is 0 Å². The van der Waals surface area contributed by atoms with Crippen LogP contribution < -0.4 is 4.90 Å². The van der Waals surface area contributed by atoms with Gasteiger partial charge >= 0.3 is 0 Å². The first kappa shape index (κ1) is 23.7. The largest absolute Gasteiger partial charge is 0.382 e. The molecule has 1 rings (SSSR count). The zero-order chi connectivity index (χ0) is 18.7. The number of hydrogen-bond acceptors (Lipinski definition) is 8. The van der Waals surface area contributed by atoms with Crippen molar-refractivity contribution in [1.82, 2.24) is 0 Å². The van der Waals surface area contributed by atoms with Gasteiger partial charge in [0.15, 0.2) is 13.0 Å². The number of nitrogens with one attached hydrogen (secondary N) is 1. The van der Waals surface area contributed by atoms with Crippen molar-refractivity contribution in [2.45, 2.75) is 6.29 Å². The molecule has 0 saturated carbocycles. The van der Waals surface area contributed by atoms with Crippen LogP contribution in [0.15, 0.2) is 0 Å². The van der Waals surface area contributed by atoms with Gasteiger partial charge < -0.3 is 42.8 Å². The van der Waals surface area contributed by atoms with Crippen LogP contribution >= 0.6 is 0 Å². The molecule has 26 heavy (non-hydrogen) atoms. The van der Waals surface area contributed by atoms with E-state index in [0.29, 0.717) is 66.2 Å². The summed E-state index contributed by atoms with van der Waals surface area (Å²) >= 11 is 0. The second kappa shape index (κ2) is 18.0. The van der Waals surface area contributed by atoms with Crippen molar-refractivity contribution in [2.75, 3.05) is 107 Å². The number of rotatable bonds is 18. The lowest BCUT2D eigenvalue weighted by Gasteiger charge is -2.26. The van der Waals surface area contributed by atoms with Gasteiger partial charge in [0.25, 0.3) is 0 Å². The molecule has 0 aromatic carbocycles.